The molecule has 0 aromatic heterocycles. The van der Waals surface area contributed by atoms with Gasteiger partial charge in [0, 0.05) is 0 Å². The molecule has 1 heterocycles. The number of carbonyl (C=O) groups excluding carboxylic acids is 3. The molecule has 2 unspecified atom stereocenters. The van der Waals surface area contributed by atoms with Gasteiger partial charge in [0.25, 0.3) is 0 Å². The maximum Gasteiger partial charge on any atom is 0.248 e. The SMILES string of the molecule is O=CCN1C(=O)C(NC(=O)Cc2ccccc2)C1c1ccccc1. The van der Waals surface area contributed by atoms with Crippen LogP contribution in [0.15, 0.2) is 60.7 Å². The standard InChI is InChI=1S/C19H18N2O3/c22-12-11-21-18(15-9-5-2-6-10-15)17(19(21)24)20-16(23)13-14-7-3-1-4-8-14/h1-10,12,17-18H,11,13H2,(H,20,23). The highest BCUT2D eigenvalue weighted by molar-refractivity contribution is 5.95. The number of aldehydes is 1. The Labute approximate surface area is 140 Å². The number of amides is 2. The Hall–Kier alpha value is -2.95. The number of nitrogens with zero attached hydrogens (tertiary/aromatic N) is 1. The lowest BCUT2D eigenvalue weighted by molar-refractivity contribution is -0.155. The summed E-state index contributed by atoms with van der Waals surface area (Å²) < 4.78 is 0. The van der Waals surface area contributed by atoms with Crippen molar-refractivity contribution in [3.8, 4) is 0 Å². The van der Waals surface area contributed by atoms with Crippen LogP contribution < -0.4 is 5.32 Å². The van der Waals surface area contributed by atoms with Crippen LogP contribution in [0.2, 0.25) is 0 Å². The highest BCUT2D eigenvalue weighted by atomic mass is 16.2. The summed E-state index contributed by atoms with van der Waals surface area (Å²) in [6.07, 6.45) is 0.926. The van der Waals surface area contributed by atoms with Gasteiger partial charge in [0.1, 0.15) is 12.3 Å². The number of benzene rings is 2. The van der Waals surface area contributed by atoms with Crippen molar-refractivity contribution in [1.82, 2.24) is 10.2 Å². The average Bonchev–Trinajstić information content (AvgIpc) is 2.62. The molecule has 122 valence electrons. The molecule has 5 nitrogen and oxygen atoms in total. The highest BCUT2D eigenvalue weighted by Crippen LogP contribution is 2.34. The molecular formula is C19H18N2O3. The van der Waals surface area contributed by atoms with E-state index in [-0.39, 0.29) is 30.8 Å². The number of carbonyl (C=O) groups is 3. The molecule has 2 aromatic carbocycles. The Balaban J connectivity index is 1.72. The topological polar surface area (TPSA) is 66.5 Å². The second-order valence-electron chi connectivity index (χ2n) is 5.72. The fourth-order valence-electron chi connectivity index (χ4n) is 3.00. The van der Waals surface area contributed by atoms with Crippen molar-refractivity contribution in [3.63, 3.8) is 0 Å². The molecule has 24 heavy (non-hydrogen) atoms. The first-order valence-electron chi connectivity index (χ1n) is 7.83. The Morgan fingerprint density at radius 1 is 1.04 bits per heavy atom. The number of hydrogen-bond donors (Lipinski definition) is 1. The first-order chi connectivity index (χ1) is 11.7. The predicted octanol–water partition coefficient (Wildman–Crippen LogP) is 1.50. The molecule has 0 radical (unpaired) electrons. The van der Waals surface area contributed by atoms with E-state index in [1.165, 1.54) is 4.90 Å². The molecule has 1 aliphatic rings. The summed E-state index contributed by atoms with van der Waals surface area (Å²) in [6, 6.07) is 17.9. The summed E-state index contributed by atoms with van der Waals surface area (Å²) in [5.41, 5.74) is 1.80. The number of hydrogen-bond acceptors (Lipinski definition) is 3. The van der Waals surface area contributed by atoms with Crippen LogP contribution in [0.4, 0.5) is 0 Å². The lowest BCUT2D eigenvalue weighted by Gasteiger charge is -2.46. The fourth-order valence-corrected chi connectivity index (χ4v) is 3.00. The summed E-state index contributed by atoms with van der Waals surface area (Å²) in [5, 5.41) is 2.81. The lowest BCUT2D eigenvalue weighted by atomic mass is 9.88. The Morgan fingerprint density at radius 2 is 1.67 bits per heavy atom. The number of rotatable bonds is 6. The Bertz CT molecular complexity index is 731. The lowest BCUT2D eigenvalue weighted by Crippen LogP contribution is -2.65. The van der Waals surface area contributed by atoms with Crippen molar-refractivity contribution in [1.29, 1.82) is 0 Å². The van der Waals surface area contributed by atoms with E-state index in [0.717, 1.165) is 11.1 Å². The van der Waals surface area contributed by atoms with Crippen molar-refractivity contribution in [2.24, 2.45) is 0 Å². The fraction of sp³-hybridized carbons (Fsp3) is 0.211. The summed E-state index contributed by atoms with van der Waals surface area (Å²) in [4.78, 5) is 36.8. The van der Waals surface area contributed by atoms with Crippen LogP contribution in [0.1, 0.15) is 17.2 Å². The third-order valence-corrected chi connectivity index (χ3v) is 4.14. The third-order valence-electron chi connectivity index (χ3n) is 4.14. The minimum atomic E-state index is -0.622. The van der Waals surface area contributed by atoms with Crippen LogP contribution in [0, 0.1) is 0 Å². The summed E-state index contributed by atoms with van der Waals surface area (Å²) in [7, 11) is 0. The van der Waals surface area contributed by atoms with Crippen LogP contribution in [0.5, 0.6) is 0 Å². The third kappa shape index (κ3) is 3.20. The molecule has 0 spiro atoms. The highest BCUT2D eigenvalue weighted by Gasteiger charge is 2.48. The summed E-state index contributed by atoms with van der Waals surface area (Å²) in [6.45, 7) is 0.0312. The molecule has 2 amide bonds. The van der Waals surface area contributed by atoms with E-state index in [1.54, 1.807) is 0 Å². The molecule has 5 heteroatoms. The molecule has 3 rings (SSSR count). The maximum absolute atomic E-state index is 12.3. The zero-order valence-electron chi connectivity index (χ0n) is 13.1. The van der Waals surface area contributed by atoms with E-state index in [4.69, 9.17) is 0 Å². The van der Waals surface area contributed by atoms with Crippen molar-refractivity contribution >= 4 is 18.1 Å². The molecular weight excluding hydrogens is 304 g/mol. The zero-order valence-corrected chi connectivity index (χ0v) is 13.1. The normalized spacial score (nSPS) is 19.5. The molecule has 0 saturated carbocycles. The van der Waals surface area contributed by atoms with E-state index in [0.29, 0.717) is 6.29 Å². The molecule has 1 saturated heterocycles. The maximum atomic E-state index is 12.3. The van der Waals surface area contributed by atoms with Gasteiger partial charge in [0.2, 0.25) is 11.8 Å². The first kappa shape index (κ1) is 15.9. The van der Waals surface area contributed by atoms with E-state index >= 15 is 0 Å². The molecule has 1 aliphatic heterocycles. The Kier molecular flexibility index (Phi) is 4.70. The molecule has 0 aliphatic carbocycles. The molecule has 1 N–H and O–H groups in total. The largest absolute Gasteiger partial charge is 0.342 e. The smallest absolute Gasteiger partial charge is 0.248 e. The second kappa shape index (κ2) is 7.08. The number of nitrogens with one attached hydrogen (secondary N) is 1. The van der Waals surface area contributed by atoms with Crippen LogP contribution in [-0.2, 0) is 20.8 Å². The van der Waals surface area contributed by atoms with Gasteiger partial charge in [-0.05, 0) is 11.1 Å². The van der Waals surface area contributed by atoms with E-state index < -0.39 is 6.04 Å². The van der Waals surface area contributed by atoms with E-state index in [1.807, 2.05) is 60.7 Å². The molecule has 0 bridgehead atoms. The molecule has 2 aromatic rings. The molecule has 2 atom stereocenters. The van der Waals surface area contributed by atoms with Gasteiger partial charge in [-0.3, -0.25) is 9.59 Å². The van der Waals surface area contributed by atoms with Crippen molar-refractivity contribution in [3.05, 3.63) is 71.8 Å². The monoisotopic (exact) mass is 322 g/mol. The number of likely N-dealkylation sites (tertiary alicyclic amines) is 1. The summed E-state index contributed by atoms with van der Waals surface area (Å²) >= 11 is 0. The predicted molar refractivity (Wildman–Crippen MR) is 89.0 cm³/mol. The van der Waals surface area contributed by atoms with Gasteiger partial charge in [-0.2, -0.15) is 0 Å². The average molecular weight is 322 g/mol. The van der Waals surface area contributed by atoms with Crippen molar-refractivity contribution < 1.29 is 14.4 Å². The van der Waals surface area contributed by atoms with Crippen molar-refractivity contribution in [2.75, 3.05) is 6.54 Å². The van der Waals surface area contributed by atoms with E-state index in [9.17, 15) is 14.4 Å². The summed E-state index contributed by atoms with van der Waals surface area (Å²) in [5.74, 6) is -0.427. The van der Waals surface area contributed by atoms with Crippen molar-refractivity contribution in [2.45, 2.75) is 18.5 Å². The van der Waals surface area contributed by atoms with Gasteiger partial charge in [-0.15, -0.1) is 0 Å². The minimum Gasteiger partial charge on any atom is -0.342 e. The van der Waals surface area contributed by atoms with E-state index in [2.05, 4.69) is 5.32 Å². The van der Waals surface area contributed by atoms with Gasteiger partial charge in [0.05, 0.1) is 19.0 Å². The molecule has 1 fully saturated rings. The number of β-lactam (4-membered cyclic amide) rings is 1. The van der Waals surface area contributed by atoms with Crippen LogP contribution in [-0.4, -0.2) is 35.6 Å². The Morgan fingerprint density at radius 3 is 2.29 bits per heavy atom. The quantitative estimate of drug-likeness (QED) is 0.647. The van der Waals surface area contributed by atoms with Gasteiger partial charge < -0.3 is 15.0 Å². The minimum absolute atomic E-state index is 0.0312. The van der Waals surface area contributed by atoms with Crippen LogP contribution in [0.3, 0.4) is 0 Å². The first-order valence-corrected chi connectivity index (χ1v) is 7.83. The van der Waals surface area contributed by atoms with Crippen LogP contribution >= 0.6 is 0 Å². The van der Waals surface area contributed by atoms with Gasteiger partial charge in [-0.25, -0.2) is 0 Å². The van der Waals surface area contributed by atoms with Gasteiger partial charge >= 0.3 is 0 Å². The van der Waals surface area contributed by atoms with Gasteiger partial charge in [0.15, 0.2) is 0 Å². The van der Waals surface area contributed by atoms with Gasteiger partial charge in [-0.1, -0.05) is 60.7 Å². The van der Waals surface area contributed by atoms with Crippen LogP contribution in [0.25, 0.3) is 0 Å². The zero-order chi connectivity index (χ0) is 16.9. The second-order valence-corrected chi connectivity index (χ2v) is 5.72.